The summed E-state index contributed by atoms with van der Waals surface area (Å²) >= 11 is 5.59. The number of hydrogen-bond donors (Lipinski definition) is 1. The average Bonchev–Trinajstić information content (AvgIpc) is 2.77. The molecule has 0 aliphatic carbocycles. The molecule has 0 radical (unpaired) electrons. The number of carbonyl (C=O) groups is 1. The molecular formula is C21H20ClF3N2O4S. The smallest absolute Gasteiger partial charge is 0.379 e. The van der Waals surface area contributed by atoms with E-state index in [9.17, 15) is 26.4 Å². The molecule has 0 aromatic heterocycles. The maximum Gasteiger partial charge on any atom is 0.417 e. The molecule has 32 heavy (non-hydrogen) atoms. The number of hydrogen-bond acceptors (Lipinski definition) is 4. The van der Waals surface area contributed by atoms with Gasteiger partial charge in [0.05, 0.1) is 28.7 Å². The van der Waals surface area contributed by atoms with Gasteiger partial charge in [-0.15, -0.1) is 0 Å². The first kappa shape index (κ1) is 24.2. The zero-order chi connectivity index (χ0) is 23.4. The molecule has 11 heteroatoms. The molecule has 1 N–H and O–H groups in total. The molecule has 1 heterocycles. The second-order valence-corrected chi connectivity index (χ2v) is 9.23. The van der Waals surface area contributed by atoms with E-state index in [4.69, 9.17) is 16.3 Å². The van der Waals surface area contributed by atoms with Crippen molar-refractivity contribution in [1.29, 1.82) is 0 Å². The predicted molar refractivity (Wildman–Crippen MR) is 113 cm³/mol. The monoisotopic (exact) mass is 488 g/mol. The maximum atomic E-state index is 13.0. The number of rotatable bonds is 6. The SMILES string of the molecule is O=C(/C=C/c1ccc(Cl)c(C(F)(F)F)c1)NCc1ccccc1S(=O)(=O)N1CCOCC1. The molecule has 0 saturated carbocycles. The van der Waals surface area contributed by atoms with E-state index in [-0.39, 0.29) is 30.1 Å². The van der Waals surface area contributed by atoms with Gasteiger partial charge in [0.15, 0.2) is 0 Å². The first-order valence-electron chi connectivity index (χ1n) is 9.57. The van der Waals surface area contributed by atoms with Crippen LogP contribution in [0.5, 0.6) is 0 Å². The van der Waals surface area contributed by atoms with E-state index in [2.05, 4.69) is 5.32 Å². The van der Waals surface area contributed by atoms with Crippen LogP contribution in [0.1, 0.15) is 16.7 Å². The van der Waals surface area contributed by atoms with Crippen molar-refractivity contribution in [3.63, 3.8) is 0 Å². The molecule has 1 aliphatic heterocycles. The van der Waals surface area contributed by atoms with E-state index in [0.29, 0.717) is 18.8 Å². The fourth-order valence-electron chi connectivity index (χ4n) is 3.10. The fraction of sp³-hybridized carbons (Fsp3) is 0.286. The number of halogens is 4. The lowest BCUT2D eigenvalue weighted by molar-refractivity contribution is -0.137. The van der Waals surface area contributed by atoms with Crippen molar-refractivity contribution in [2.24, 2.45) is 0 Å². The molecule has 1 amide bonds. The van der Waals surface area contributed by atoms with Crippen molar-refractivity contribution in [2.75, 3.05) is 26.3 Å². The summed E-state index contributed by atoms with van der Waals surface area (Å²) in [6.07, 6.45) is -2.32. The molecule has 0 unspecified atom stereocenters. The number of carbonyl (C=O) groups excluding carboxylic acids is 1. The number of nitrogens with zero attached hydrogens (tertiary/aromatic N) is 1. The number of alkyl halides is 3. The quantitative estimate of drug-likeness (QED) is 0.629. The Morgan fingerprint density at radius 3 is 2.53 bits per heavy atom. The standard InChI is InChI=1S/C21H20ClF3N2O4S/c22-18-7-5-15(13-17(18)21(23,24)25)6-8-20(28)26-14-16-3-1-2-4-19(16)32(29,30)27-9-11-31-12-10-27/h1-8,13H,9-12,14H2,(H,26,28)/b8-6+. The zero-order valence-electron chi connectivity index (χ0n) is 16.7. The molecule has 2 aromatic carbocycles. The normalized spacial score (nSPS) is 15.8. The van der Waals surface area contributed by atoms with Gasteiger partial charge in [-0.2, -0.15) is 17.5 Å². The van der Waals surface area contributed by atoms with E-state index >= 15 is 0 Å². The Bertz CT molecular complexity index is 1110. The lowest BCUT2D eigenvalue weighted by Crippen LogP contribution is -2.41. The molecule has 1 fully saturated rings. The molecule has 172 valence electrons. The largest absolute Gasteiger partial charge is 0.417 e. The molecule has 1 aliphatic rings. The van der Waals surface area contributed by atoms with Crippen molar-refractivity contribution in [1.82, 2.24) is 9.62 Å². The summed E-state index contributed by atoms with van der Waals surface area (Å²) in [5.41, 5.74) is -0.456. The summed E-state index contributed by atoms with van der Waals surface area (Å²) in [5, 5.41) is 2.13. The first-order chi connectivity index (χ1) is 15.1. The van der Waals surface area contributed by atoms with Gasteiger partial charge in [0.2, 0.25) is 15.9 Å². The van der Waals surface area contributed by atoms with E-state index in [1.807, 2.05) is 0 Å². The highest BCUT2D eigenvalue weighted by Gasteiger charge is 2.33. The second kappa shape index (κ2) is 10.0. The van der Waals surface area contributed by atoms with Gasteiger partial charge in [0.1, 0.15) is 0 Å². The Kier molecular flexibility index (Phi) is 7.60. The number of morpholine rings is 1. The highest BCUT2D eigenvalue weighted by atomic mass is 35.5. The van der Waals surface area contributed by atoms with E-state index in [1.165, 1.54) is 22.5 Å². The Morgan fingerprint density at radius 2 is 1.84 bits per heavy atom. The van der Waals surface area contributed by atoms with E-state index in [1.54, 1.807) is 18.2 Å². The van der Waals surface area contributed by atoms with Crippen LogP contribution >= 0.6 is 11.6 Å². The van der Waals surface area contributed by atoms with Gasteiger partial charge >= 0.3 is 6.18 Å². The molecule has 6 nitrogen and oxygen atoms in total. The minimum atomic E-state index is -4.61. The number of ether oxygens (including phenoxy) is 1. The van der Waals surface area contributed by atoms with Crippen LogP contribution in [0.2, 0.25) is 5.02 Å². The summed E-state index contributed by atoms with van der Waals surface area (Å²) in [6, 6.07) is 9.61. The average molecular weight is 489 g/mol. The van der Waals surface area contributed by atoms with Gasteiger partial charge in [-0.3, -0.25) is 4.79 Å². The minimum Gasteiger partial charge on any atom is -0.379 e. The third-order valence-electron chi connectivity index (χ3n) is 4.74. The van der Waals surface area contributed by atoms with Gasteiger partial charge in [0, 0.05) is 25.7 Å². The van der Waals surface area contributed by atoms with Crippen molar-refractivity contribution in [3.05, 3.63) is 70.3 Å². The molecule has 0 bridgehead atoms. The van der Waals surface area contributed by atoms with Crippen molar-refractivity contribution in [2.45, 2.75) is 17.6 Å². The number of nitrogens with one attached hydrogen (secondary N) is 1. The number of benzene rings is 2. The van der Waals surface area contributed by atoms with Gasteiger partial charge in [0.25, 0.3) is 0 Å². The van der Waals surface area contributed by atoms with Crippen molar-refractivity contribution >= 4 is 33.6 Å². The van der Waals surface area contributed by atoms with Crippen LogP contribution in [0, 0.1) is 0 Å². The van der Waals surface area contributed by atoms with Crippen LogP contribution in [0.15, 0.2) is 53.4 Å². The van der Waals surface area contributed by atoms with Gasteiger partial charge < -0.3 is 10.1 Å². The first-order valence-corrected chi connectivity index (χ1v) is 11.4. The van der Waals surface area contributed by atoms with Crippen molar-refractivity contribution < 1.29 is 31.1 Å². The summed E-state index contributed by atoms with van der Waals surface area (Å²) in [7, 11) is -3.75. The Morgan fingerprint density at radius 1 is 1.16 bits per heavy atom. The number of amides is 1. The maximum absolute atomic E-state index is 13.0. The van der Waals surface area contributed by atoms with Gasteiger partial charge in [-0.25, -0.2) is 8.42 Å². The van der Waals surface area contributed by atoms with Crippen molar-refractivity contribution in [3.8, 4) is 0 Å². The Labute approximate surface area is 188 Å². The van der Waals surface area contributed by atoms with Crippen LogP contribution in [0.4, 0.5) is 13.2 Å². The lowest BCUT2D eigenvalue weighted by Gasteiger charge is -2.27. The topological polar surface area (TPSA) is 75.7 Å². The van der Waals surface area contributed by atoms with Crippen LogP contribution in [0.3, 0.4) is 0 Å². The van der Waals surface area contributed by atoms with E-state index in [0.717, 1.165) is 18.2 Å². The molecule has 0 atom stereocenters. The van der Waals surface area contributed by atoms with Crippen LogP contribution in [-0.4, -0.2) is 44.9 Å². The predicted octanol–water partition coefficient (Wildman–Crippen LogP) is 3.71. The molecular weight excluding hydrogens is 469 g/mol. The zero-order valence-corrected chi connectivity index (χ0v) is 18.3. The van der Waals surface area contributed by atoms with E-state index < -0.39 is 32.7 Å². The summed E-state index contributed by atoms with van der Waals surface area (Å²) in [5.74, 6) is -0.591. The Balaban J connectivity index is 1.70. The number of sulfonamides is 1. The summed E-state index contributed by atoms with van der Waals surface area (Å²) in [4.78, 5) is 12.3. The summed E-state index contributed by atoms with van der Waals surface area (Å²) in [6.45, 7) is 1.03. The van der Waals surface area contributed by atoms with Crippen LogP contribution < -0.4 is 5.32 Å². The third-order valence-corrected chi connectivity index (χ3v) is 7.07. The molecule has 3 rings (SSSR count). The van der Waals surface area contributed by atoms with Gasteiger partial charge in [-0.1, -0.05) is 35.9 Å². The third kappa shape index (κ3) is 5.89. The van der Waals surface area contributed by atoms with Crippen LogP contribution in [-0.2, 0) is 32.3 Å². The fourth-order valence-corrected chi connectivity index (χ4v) is 4.96. The molecule has 0 spiro atoms. The lowest BCUT2D eigenvalue weighted by atomic mass is 10.1. The highest BCUT2D eigenvalue weighted by molar-refractivity contribution is 7.89. The molecule has 1 saturated heterocycles. The van der Waals surface area contributed by atoms with Gasteiger partial charge in [-0.05, 0) is 35.4 Å². The summed E-state index contributed by atoms with van der Waals surface area (Å²) < 4.78 is 71.3. The second-order valence-electron chi connectivity index (χ2n) is 6.91. The Hall–Kier alpha value is -2.40. The molecule has 2 aromatic rings. The minimum absolute atomic E-state index is 0.0721. The van der Waals surface area contributed by atoms with Crippen LogP contribution in [0.25, 0.3) is 6.08 Å². The highest BCUT2D eigenvalue weighted by Crippen LogP contribution is 2.35.